The molecule has 1 aromatic rings. The molecule has 0 aromatic heterocycles. The van der Waals surface area contributed by atoms with Crippen molar-refractivity contribution in [2.75, 3.05) is 19.5 Å². The van der Waals surface area contributed by atoms with Gasteiger partial charge in [-0.25, -0.2) is 5.06 Å². The van der Waals surface area contributed by atoms with Crippen LogP contribution in [0.4, 0.5) is 5.69 Å². The Labute approximate surface area is 94.0 Å². The lowest BCUT2D eigenvalue weighted by Crippen LogP contribution is -2.36. The van der Waals surface area contributed by atoms with Crippen molar-refractivity contribution in [1.29, 1.82) is 0 Å². The fraction of sp³-hybridized carbons (Fsp3) is 0.273. The van der Waals surface area contributed by atoms with E-state index in [1.54, 1.807) is 12.1 Å². The molecule has 16 heavy (non-hydrogen) atoms. The second-order valence-electron chi connectivity index (χ2n) is 3.31. The molecule has 0 radical (unpaired) electrons. The van der Waals surface area contributed by atoms with Crippen LogP contribution < -0.4 is 5.32 Å². The van der Waals surface area contributed by atoms with Crippen LogP contribution in [0.5, 0.6) is 0 Å². The molecule has 0 saturated carbocycles. The number of hydroxylamine groups is 2. The predicted octanol–water partition coefficient (Wildman–Crippen LogP) is 0.953. The number of rotatable bonds is 2. The Morgan fingerprint density at radius 2 is 1.81 bits per heavy atom. The van der Waals surface area contributed by atoms with Crippen LogP contribution in [0.3, 0.4) is 0 Å². The maximum atomic E-state index is 11.4. The topological polar surface area (TPSA) is 58.6 Å². The van der Waals surface area contributed by atoms with Crippen LogP contribution in [0.15, 0.2) is 24.3 Å². The number of hydrogen-bond donors (Lipinski definition) is 1. The van der Waals surface area contributed by atoms with Gasteiger partial charge in [-0.15, -0.1) is 0 Å². The van der Waals surface area contributed by atoms with E-state index in [9.17, 15) is 9.59 Å². The molecule has 5 heteroatoms. The van der Waals surface area contributed by atoms with Gasteiger partial charge in [-0.1, -0.05) is 17.7 Å². The molecule has 0 fully saturated rings. The average Bonchev–Trinajstić information content (AvgIpc) is 2.30. The highest BCUT2D eigenvalue weighted by molar-refractivity contribution is 6.39. The van der Waals surface area contributed by atoms with Gasteiger partial charge < -0.3 is 5.32 Å². The summed E-state index contributed by atoms with van der Waals surface area (Å²) in [6.07, 6.45) is 0. The maximum Gasteiger partial charge on any atom is 0.335 e. The molecular weight excluding hydrogens is 208 g/mol. The van der Waals surface area contributed by atoms with E-state index in [4.69, 9.17) is 0 Å². The summed E-state index contributed by atoms with van der Waals surface area (Å²) < 4.78 is 0. The van der Waals surface area contributed by atoms with E-state index in [0.29, 0.717) is 5.69 Å². The van der Waals surface area contributed by atoms with Crippen molar-refractivity contribution in [1.82, 2.24) is 5.06 Å². The van der Waals surface area contributed by atoms with Gasteiger partial charge in [0.1, 0.15) is 0 Å². The van der Waals surface area contributed by atoms with Gasteiger partial charge in [0.2, 0.25) is 0 Å². The summed E-state index contributed by atoms with van der Waals surface area (Å²) in [4.78, 5) is 27.4. The first-order chi connectivity index (χ1) is 7.54. The van der Waals surface area contributed by atoms with E-state index >= 15 is 0 Å². The Morgan fingerprint density at radius 1 is 1.25 bits per heavy atom. The van der Waals surface area contributed by atoms with Gasteiger partial charge >= 0.3 is 11.8 Å². The van der Waals surface area contributed by atoms with Crippen molar-refractivity contribution >= 4 is 17.5 Å². The van der Waals surface area contributed by atoms with E-state index in [-0.39, 0.29) is 0 Å². The maximum absolute atomic E-state index is 11.4. The smallest absolute Gasteiger partial charge is 0.318 e. The van der Waals surface area contributed by atoms with Gasteiger partial charge in [-0.2, -0.15) is 0 Å². The number of nitrogens with zero attached hydrogens (tertiary/aromatic N) is 1. The van der Waals surface area contributed by atoms with Crippen LogP contribution in [-0.2, 0) is 14.4 Å². The van der Waals surface area contributed by atoms with Crippen LogP contribution in [0.1, 0.15) is 5.56 Å². The highest BCUT2D eigenvalue weighted by atomic mass is 16.7. The number of carbonyl (C=O) groups excluding carboxylic acids is 2. The number of nitrogens with one attached hydrogen (secondary N) is 1. The lowest BCUT2D eigenvalue weighted by Gasteiger charge is -2.12. The summed E-state index contributed by atoms with van der Waals surface area (Å²) in [6, 6.07) is 7.15. The zero-order valence-corrected chi connectivity index (χ0v) is 9.48. The van der Waals surface area contributed by atoms with Crippen LogP contribution in [0, 0.1) is 6.92 Å². The Morgan fingerprint density at radius 3 is 2.31 bits per heavy atom. The fourth-order valence-corrected chi connectivity index (χ4v) is 1.05. The molecule has 2 amide bonds. The zero-order chi connectivity index (χ0) is 12.1. The number of aryl methyl sites for hydroxylation is 1. The first kappa shape index (κ1) is 12.2. The van der Waals surface area contributed by atoms with E-state index in [2.05, 4.69) is 10.2 Å². The number of amides is 2. The minimum atomic E-state index is -0.747. The highest BCUT2D eigenvalue weighted by Gasteiger charge is 2.18. The summed E-state index contributed by atoms with van der Waals surface area (Å²) in [6.45, 7) is 1.94. The minimum Gasteiger partial charge on any atom is -0.318 e. The van der Waals surface area contributed by atoms with Gasteiger partial charge in [0.25, 0.3) is 0 Å². The molecule has 1 aromatic carbocycles. The number of carbonyl (C=O) groups is 2. The van der Waals surface area contributed by atoms with Crippen molar-refractivity contribution in [3.63, 3.8) is 0 Å². The van der Waals surface area contributed by atoms with Crippen molar-refractivity contribution in [3.05, 3.63) is 29.8 Å². The molecule has 0 bridgehead atoms. The molecule has 0 unspecified atom stereocenters. The fourth-order valence-electron chi connectivity index (χ4n) is 1.05. The van der Waals surface area contributed by atoms with Crippen molar-refractivity contribution in [2.24, 2.45) is 0 Å². The van der Waals surface area contributed by atoms with E-state index < -0.39 is 11.8 Å². The van der Waals surface area contributed by atoms with Crippen molar-refractivity contribution < 1.29 is 14.4 Å². The van der Waals surface area contributed by atoms with Crippen molar-refractivity contribution in [2.45, 2.75) is 6.92 Å². The Hall–Kier alpha value is -1.88. The molecule has 1 N–H and O–H groups in total. The van der Waals surface area contributed by atoms with E-state index in [0.717, 1.165) is 10.6 Å². The monoisotopic (exact) mass is 222 g/mol. The molecular formula is C11H14N2O3. The molecule has 0 aliphatic rings. The summed E-state index contributed by atoms with van der Waals surface area (Å²) >= 11 is 0. The third kappa shape index (κ3) is 3.06. The molecule has 86 valence electrons. The lowest BCUT2D eigenvalue weighted by atomic mass is 10.2. The molecule has 0 aliphatic carbocycles. The standard InChI is InChI=1S/C11H14N2O3/c1-8-4-6-9(7-5-8)12-10(14)11(15)13(2)16-3/h4-7H,1-3H3,(H,12,14). The third-order valence-corrected chi connectivity index (χ3v) is 2.06. The second kappa shape index (κ2) is 5.27. The Kier molecular flexibility index (Phi) is 4.02. The summed E-state index contributed by atoms with van der Waals surface area (Å²) in [7, 11) is 2.69. The van der Waals surface area contributed by atoms with Gasteiger partial charge in [0, 0.05) is 12.7 Å². The molecule has 0 atom stereocenters. The molecule has 0 spiro atoms. The summed E-state index contributed by atoms with van der Waals surface area (Å²) in [5.41, 5.74) is 1.66. The predicted molar refractivity (Wildman–Crippen MR) is 59.6 cm³/mol. The van der Waals surface area contributed by atoms with Gasteiger partial charge in [-0.3, -0.25) is 14.4 Å². The molecule has 0 aliphatic heterocycles. The number of benzene rings is 1. The summed E-state index contributed by atoms with van der Waals surface area (Å²) in [5.74, 6) is -1.48. The lowest BCUT2D eigenvalue weighted by molar-refractivity contribution is -0.171. The summed E-state index contributed by atoms with van der Waals surface area (Å²) in [5, 5.41) is 3.34. The number of anilines is 1. The molecule has 1 rings (SSSR count). The third-order valence-electron chi connectivity index (χ3n) is 2.06. The first-order valence-electron chi connectivity index (χ1n) is 4.74. The van der Waals surface area contributed by atoms with E-state index in [1.165, 1.54) is 14.2 Å². The van der Waals surface area contributed by atoms with Gasteiger partial charge in [0.15, 0.2) is 0 Å². The van der Waals surface area contributed by atoms with Crippen molar-refractivity contribution in [3.8, 4) is 0 Å². The average molecular weight is 222 g/mol. The van der Waals surface area contributed by atoms with Crippen LogP contribution in [-0.4, -0.2) is 31.0 Å². The van der Waals surface area contributed by atoms with Gasteiger partial charge in [0.05, 0.1) is 7.11 Å². The normalized spacial score (nSPS) is 9.69. The highest BCUT2D eigenvalue weighted by Crippen LogP contribution is 2.08. The SMILES string of the molecule is CON(C)C(=O)C(=O)Nc1ccc(C)cc1. The van der Waals surface area contributed by atoms with Crippen LogP contribution in [0.25, 0.3) is 0 Å². The Bertz CT molecular complexity index is 387. The second-order valence-corrected chi connectivity index (χ2v) is 3.31. The molecule has 5 nitrogen and oxygen atoms in total. The zero-order valence-electron chi connectivity index (χ0n) is 9.48. The minimum absolute atomic E-state index is 0.577. The Balaban J connectivity index is 2.64. The number of hydrogen-bond acceptors (Lipinski definition) is 3. The quantitative estimate of drug-likeness (QED) is 0.598. The van der Waals surface area contributed by atoms with Crippen LogP contribution >= 0.6 is 0 Å². The largest absolute Gasteiger partial charge is 0.335 e. The molecule has 0 saturated heterocycles. The number of likely N-dealkylation sites (N-methyl/N-ethyl adjacent to an activating group) is 1. The molecule has 0 heterocycles. The van der Waals surface area contributed by atoms with Crippen LogP contribution in [0.2, 0.25) is 0 Å². The van der Waals surface area contributed by atoms with E-state index in [1.807, 2.05) is 19.1 Å². The first-order valence-corrected chi connectivity index (χ1v) is 4.74. The van der Waals surface area contributed by atoms with Gasteiger partial charge in [-0.05, 0) is 19.1 Å².